The minimum atomic E-state index is -0.355. The summed E-state index contributed by atoms with van der Waals surface area (Å²) in [6.45, 7) is 4.43. The van der Waals surface area contributed by atoms with Crippen LogP contribution in [-0.2, 0) is 0 Å². The number of amides is 1. The molecule has 0 saturated carbocycles. The van der Waals surface area contributed by atoms with Gasteiger partial charge in [0, 0.05) is 31.9 Å². The number of piperazine rings is 1. The summed E-state index contributed by atoms with van der Waals surface area (Å²) in [7, 11) is 3.08. The van der Waals surface area contributed by atoms with E-state index in [0.29, 0.717) is 31.9 Å². The molecule has 4 rings (SSSR count). The second-order valence-corrected chi connectivity index (χ2v) is 7.62. The van der Waals surface area contributed by atoms with Crippen LogP contribution in [0.25, 0.3) is 5.69 Å². The monoisotopic (exact) mass is 434 g/mol. The summed E-state index contributed by atoms with van der Waals surface area (Å²) < 4.78 is 11.8. The SMILES string of the molecule is COc1ccc(N2CCN(C(=O)c3nn(-c4ccc(C)cc4)c(=O)cc3OC)CC2)cc1. The average molecular weight is 434 g/mol. The van der Waals surface area contributed by atoms with E-state index in [2.05, 4.69) is 10.00 Å². The van der Waals surface area contributed by atoms with Crippen LogP contribution >= 0.6 is 0 Å². The molecule has 2 aromatic carbocycles. The lowest BCUT2D eigenvalue weighted by Crippen LogP contribution is -2.49. The molecule has 1 aliphatic rings. The third-order valence-corrected chi connectivity index (χ3v) is 5.60. The van der Waals surface area contributed by atoms with E-state index < -0.39 is 0 Å². The van der Waals surface area contributed by atoms with Gasteiger partial charge in [0.1, 0.15) is 5.75 Å². The second kappa shape index (κ2) is 9.13. The third kappa shape index (κ3) is 4.30. The van der Waals surface area contributed by atoms with Gasteiger partial charge in [0.2, 0.25) is 0 Å². The Labute approximate surface area is 186 Å². The highest BCUT2D eigenvalue weighted by molar-refractivity contribution is 5.95. The molecular formula is C24H26N4O4. The molecule has 0 bridgehead atoms. The number of aromatic nitrogens is 2. The van der Waals surface area contributed by atoms with Crippen LogP contribution in [0.2, 0.25) is 0 Å². The largest absolute Gasteiger partial charge is 0.497 e. The zero-order valence-electron chi connectivity index (χ0n) is 18.4. The fourth-order valence-corrected chi connectivity index (χ4v) is 3.73. The molecule has 32 heavy (non-hydrogen) atoms. The Hall–Kier alpha value is -3.81. The van der Waals surface area contributed by atoms with Crippen LogP contribution in [0.15, 0.2) is 59.4 Å². The highest BCUT2D eigenvalue weighted by Crippen LogP contribution is 2.22. The van der Waals surface area contributed by atoms with E-state index in [9.17, 15) is 9.59 Å². The number of aryl methyl sites for hydroxylation is 1. The normalized spacial score (nSPS) is 13.7. The summed E-state index contributed by atoms with van der Waals surface area (Å²) in [5, 5.41) is 4.37. The van der Waals surface area contributed by atoms with Crippen LogP contribution in [0.1, 0.15) is 16.1 Å². The zero-order chi connectivity index (χ0) is 22.7. The maximum atomic E-state index is 13.3. The number of benzene rings is 2. The Kier molecular flexibility index (Phi) is 6.11. The van der Waals surface area contributed by atoms with Crippen LogP contribution in [0.4, 0.5) is 5.69 Å². The van der Waals surface area contributed by atoms with Crippen molar-refractivity contribution in [3.8, 4) is 17.2 Å². The van der Waals surface area contributed by atoms with Gasteiger partial charge in [-0.15, -0.1) is 0 Å². The molecule has 1 amide bonds. The Bertz CT molecular complexity index is 1150. The van der Waals surface area contributed by atoms with Crippen molar-refractivity contribution in [3.63, 3.8) is 0 Å². The number of rotatable bonds is 5. The number of ether oxygens (including phenoxy) is 2. The Morgan fingerprint density at radius 2 is 1.50 bits per heavy atom. The maximum Gasteiger partial charge on any atom is 0.278 e. The summed E-state index contributed by atoms with van der Waals surface area (Å²) in [5.74, 6) is 0.738. The number of carbonyl (C=O) groups excluding carboxylic acids is 1. The molecule has 1 aromatic heterocycles. The second-order valence-electron chi connectivity index (χ2n) is 7.62. The number of nitrogens with zero attached hydrogens (tertiary/aromatic N) is 4. The van der Waals surface area contributed by atoms with Crippen LogP contribution < -0.4 is 19.9 Å². The molecule has 8 nitrogen and oxygen atoms in total. The van der Waals surface area contributed by atoms with E-state index in [4.69, 9.17) is 9.47 Å². The first-order chi connectivity index (χ1) is 15.5. The molecule has 1 fully saturated rings. The summed E-state index contributed by atoms with van der Waals surface area (Å²) in [6.07, 6.45) is 0. The van der Waals surface area contributed by atoms with Gasteiger partial charge in [-0.25, -0.2) is 0 Å². The molecule has 0 unspecified atom stereocenters. The van der Waals surface area contributed by atoms with Crippen molar-refractivity contribution >= 4 is 11.6 Å². The van der Waals surface area contributed by atoms with Crippen molar-refractivity contribution in [3.05, 3.63) is 76.2 Å². The first kappa shape index (κ1) is 21.4. The molecule has 1 saturated heterocycles. The zero-order valence-corrected chi connectivity index (χ0v) is 18.4. The standard InChI is InChI=1S/C24H26N4O4/c1-17-4-6-19(7-5-17)28-22(29)16-21(32-3)23(25-28)24(30)27-14-12-26(13-15-27)18-8-10-20(31-2)11-9-18/h4-11,16H,12-15H2,1-3H3. The third-order valence-electron chi connectivity index (χ3n) is 5.60. The number of hydrogen-bond acceptors (Lipinski definition) is 6. The molecule has 166 valence electrons. The number of hydrogen-bond donors (Lipinski definition) is 0. The minimum Gasteiger partial charge on any atom is -0.497 e. The summed E-state index contributed by atoms with van der Waals surface area (Å²) in [5.41, 5.74) is 2.53. The Balaban J connectivity index is 1.54. The van der Waals surface area contributed by atoms with Crippen LogP contribution in [0.3, 0.4) is 0 Å². The van der Waals surface area contributed by atoms with Crippen molar-refractivity contribution in [1.29, 1.82) is 0 Å². The van der Waals surface area contributed by atoms with Gasteiger partial charge < -0.3 is 19.3 Å². The molecule has 0 aliphatic carbocycles. The van der Waals surface area contributed by atoms with Gasteiger partial charge in [0.25, 0.3) is 11.5 Å². The molecule has 0 radical (unpaired) electrons. The van der Waals surface area contributed by atoms with E-state index in [1.54, 1.807) is 24.1 Å². The van der Waals surface area contributed by atoms with Gasteiger partial charge in [0.05, 0.1) is 26.0 Å². The molecule has 2 heterocycles. The minimum absolute atomic E-state index is 0.130. The first-order valence-electron chi connectivity index (χ1n) is 10.4. The van der Waals surface area contributed by atoms with Crippen LogP contribution in [-0.4, -0.2) is 61.0 Å². The van der Waals surface area contributed by atoms with Gasteiger partial charge in [0.15, 0.2) is 11.4 Å². The van der Waals surface area contributed by atoms with E-state index >= 15 is 0 Å². The molecule has 8 heteroatoms. The van der Waals surface area contributed by atoms with Crippen LogP contribution in [0.5, 0.6) is 11.5 Å². The summed E-state index contributed by atoms with van der Waals surface area (Å²) in [6, 6.07) is 16.6. The quantitative estimate of drug-likeness (QED) is 0.614. The summed E-state index contributed by atoms with van der Waals surface area (Å²) in [4.78, 5) is 29.8. The molecule has 3 aromatic rings. The molecule has 0 atom stereocenters. The number of methoxy groups -OCH3 is 2. The predicted molar refractivity (Wildman–Crippen MR) is 122 cm³/mol. The van der Waals surface area contributed by atoms with Crippen molar-refractivity contribution in [2.24, 2.45) is 0 Å². The van der Waals surface area contributed by atoms with E-state index in [1.807, 2.05) is 43.3 Å². The van der Waals surface area contributed by atoms with Crippen molar-refractivity contribution < 1.29 is 14.3 Å². The molecular weight excluding hydrogens is 408 g/mol. The van der Waals surface area contributed by atoms with E-state index in [1.165, 1.54) is 17.9 Å². The highest BCUT2D eigenvalue weighted by atomic mass is 16.5. The smallest absolute Gasteiger partial charge is 0.278 e. The average Bonchev–Trinajstić information content (AvgIpc) is 2.84. The van der Waals surface area contributed by atoms with E-state index in [-0.39, 0.29) is 22.9 Å². The van der Waals surface area contributed by atoms with Gasteiger partial charge >= 0.3 is 0 Å². The molecule has 1 aliphatic heterocycles. The Morgan fingerprint density at radius 1 is 0.875 bits per heavy atom. The first-order valence-corrected chi connectivity index (χ1v) is 10.4. The van der Waals surface area contributed by atoms with E-state index in [0.717, 1.165) is 17.0 Å². The van der Waals surface area contributed by atoms with Crippen molar-refractivity contribution in [2.75, 3.05) is 45.3 Å². The maximum absolute atomic E-state index is 13.3. The Morgan fingerprint density at radius 3 is 2.09 bits per heavy atom. The predicted octanol–water partition coefficient (Wildman–Crippen LogP) is 2.52. The highest BCUT2D eigenvalue weighted by Gasteiger charge is 2.27. The fourth-order valence-electron chi connectivity index (χ4n) is 3.73. The number of carbonyl (C=O) groups is 1. The van der Waals surface area contributed by atoms with Crippen molar-refractivity contribution in [2.45, 2.75) is 6.92 Å². The molecule has 0 spiro atoms. The molecule has 0 N–H and O–H groups in total. The van der Waals surface area contributed by atoms with Crippen LogP contribution in [0, 0.1) is 6.92 Å². The van der Waals surface area contributed by atoms with Gasteiger partial charge in [-0.05, 0) is 43.3 Å². The van der Waals surface area contributed by atoms with Gasteiger partial charge in [-0.3, -0.25) is 9.59 Å². The topological polar surface area (TPSA) is 76.9 Å². The lowest BCUT2D eigenvalue weighted by atomic mass is 10.2. The van der Waals surface area contributed by atoms with Gasteiger partial charge in [-0.1, -0.05) is 17.7 Å². The number of anilines is 1. The lowest BCUT2D eigenvalue weighted by molar-refractivity contribution is 0.0734. The lowest BCUT2D eigenvalue weighted by Gasteiger charge is -2.36. The van der Waals surface area contributed by atoms with Crippen molar-refractivity contribution in [1.82, 2.24) is 14.7 Å². The summed E-state index contributed by atoms with van der Waals surface area (Å²) >= 11 is 0. The fraction of sp³-hybridized carbons (Fsp3) is 0.292. The van der Waals surface area contributed by atoms with Gasteiger partial charge in [-0.2, -0.15) is 9.78 Å².